The first kappa shape index (κ1) is 15.2. The van der Waals surface area contributed by atoms with Crippen molar-refractivity contribution in [3.8, 4) is 0 Å². The summed E-state index contributed by atoms with van der Waals surface area (Å²) in [7, 11) is 0. The van der Waals surface area contributed by atoms with Gasteiger partial charge in [0.15, 0.2) is 0 Å². The third-order valence-corrected chi connectivity index (χ3v) is 3.06. The molecule has 0 fully saturated rings. The number of nitrogens with one attached hydrogen (secondary N) is 1. The molecule has 0 atom stereocenters. The molecule has 0 spiro atoms. The van der Waals surface area contributed by atoms with Crippen LogP contribution < -0.4 is 5.32 Å². The largest absolute Gasteiger partial charge is 0.314 e. The van der Waals surface area contributed by atoms with E-state index >= 15 is 0 Å². The Bertz CT molecular complexity index is 393. The van der Waals surface area contributed by atoms with Crippen LogP contribution in [0.1, 0.15) is 32.8 Å². The summed E-state index contributed by atoms with van der Waals surface area (Å²) in [6, 6.07) is 5.31. The van der Waals surface area contributed by atoms with E-state index in [2.05, 4.69) is 25.2 Å². The van der Waals surface area contributed by atoms with E-state index in [4.69, 9.17) is 11.6 Å². The highest BCUT2D eigenvalue weighted by molar-refractivity contribution is 6.31. The lowest BCUT2D eigenvalue weighted by molar-refractivity contribution is 0.593. The first-order valence-electron chi connectivity index (χ1n) is 6.32. The minimum Gasteiger partial charge on any atom is -0.314 e. The molecule has 18 heavy (non-hydrogen) atoms. The zero-order valence-corrected chi connectivity index (χ0v) is 12.0. The van der Waals surface area contributed by atoms with E-state index in [1.54, 1.807) is 12.1 Å². The molecule has 0 bridgehead atoms. The van der Waals surface area contributed by atoms with Crippen molar-refractivity contribution >= 4 is 11.6 Å². The molecule has 1 aromatic carbocycles. The molecule has 1 rings (SSSR count). The number of halogens is 2. The lowest BCUT2D eigenvalue weighted by Crippen LogP contribution is -2.23. The van der Waals surface area contributed by atoms with E-state index in [0.29, 0.717) is 23.0 Å². The van der Waals surface area contributed by atoms with Crippen LogP contribution in [0.2, 0.25) is 5.02 Å². The third kappa shape index (κ3) is 5.19. The van der Waals surface area contributed by atoms with Crippen LogP contribution >= 0.6 is 11.6 Å². The van der Waals surface area contributed by atoms with Crippen LogP contribution in [0.15, 0.2) is 29.8 Å². The van der Waals surface area contributed by atoms with E-state index in [0.717, 1.165) is 18.5 Å². The molecule has 1 N–H and O–H groups in total. The van der Waals surface area contributed by atoms with Gasteiger partial charge in [-0.1, -0.05) is 43.2 Å². The average molecular weight is 270 g/mol. The molecule has 0 amide bonds. The fourth-order valence-corrected chi connectivity index (χ4v) is 1.97. The molecule has 3 heteroatoms. The number of hydrogen-bond acceptors (Lipinski definition) is 1. The van der Waals surface area contributed by atoms with Crippen molar-refractivity contribution in [2.75, 3.05) is 6.54 Å². The van der Waals surface area contributed by atoms with Gasteiger partial charge in [0.1, 0.15) is 5.82 Å². The molecule has 0 heterocycles. The third-order valence-electron chi connectivity index (χ3n) is 2.71. The average Bonchev–Trinajstić information content (AvgIpc) is 2.29. The molecule has 0 aliphatic heterocycles. The van der Waals surface area contributed by atoms with Crippen LogP contribution in [-0.4, -0.2) is 12.6 Å². The maximum absolute atomic E-state index is 13.6. The highest BCUT2D eigenvalue weighted by Gasteiger charge is 2.06. The van der Waals surface area contributed by atoms with E-state index in [1.165, 1.54) is 6.07 Å². The molecule has 0 unspecified atom stereocenters. The standard InChI is InChI=1S/C15H21ClFN/c1-11(2)18-9-5-6-12(3)10-13-14(16)7-4-8-15(13)17/h4,6-8,11,18H,5,9-10H2,1-3H3. The number of hydrogen-bond donors (Lipinski definition) is 1. The molecular weight excluding hydrogens is 249 g/mol. The van der Waals surface area contributed by atoms with Gasteiger partial charge in [-0.25, -0.2) is 4.39 Å². The maximum atomic E-state index is 13.6. The van der Waals surface area contributed by atoms with Crippen molar-refractivity contribution in [3.05, 3.63) is 46.3 Å². The van der Waals surface area contributed by atoms with Crippen LogP contribution in [0.4, 0.5) is 4.39 Å². The second-order valence-corrected chi connectivity index (χ2v) is 5.23. The van der Waals surface area contributed by atoms with Crippen LogP contribution in [0.25, 0.3) is 0 Å². The fraction of sp³-hybridized carbons (Fsp3) is 0.467. The Morgan fingerprint density at radius 2 is 2.17 bits per heavy atom. The smallest absolute Gasteiger partial charge is 0.128 e. The van der Waals surface area contributed by atoms with Gasteiger partial charge < -0.3 is 5.32 Å². The van der Waals surface area contributed by atoms with Crippen molar-refractivity contribution in [1.29, 1.82) is 0 Å². The minimum atomic E-state index is -0.226. The predicted molar refractivity (Wildman–Crippen MR) is 76.6 cm³/mol. The van der Waals surface area contributed by atoms with Gasteiger partial charge in [0.25, 0.3) is 0 Å². The summed E-state index contributed by atoms with van der Waals surface area (Å²) >= 11 is 6.00. The Hall–Kier alpha value is -0.860. The molecule has 1 aromatic rings. The first-order chi connectivity index (χ1) is 8.50. The first-order valence-corrected chi connectivity index (χ1v) is 6.70. The normalized spacial score (nSPS) is 12.2. The Labute approximate surface area is 114 Å². The van der Waals surface area contributed by atoms with E-state index in [9.17, 15) is 4.39 Å². The molecule has 0 saturated carbocycles. The van der Waals surface area contributed by atoms with Gasteiger partial charge in [-0.3, -0.25) is 0 Å². The molecule has 1 nitrogen and oxygen atoms in total. The SMILES string of the molecule is CC(=CCCNC(C)C)Cc1c(F)cccc1Cl. The molecule has 0 radical (unpaired) electrons. The van der Waals surface area contributed by atoms with Crippen molar-refractivity contribution in [2.45, 2.75) is 39.7 Å². The zero-order chi connectivity index (χ0) is 13.5. The highest BCUT2D eigenvalue weighted by Crippen LogP contribution is 2.21. The van der Waals surface area contributed by atoms with Gasteiger partial charge in [0, 0.05) is 16.6 Å². The van der Waals surface area contributed by atoms with Crippen LogP contribution in [0, 0.1) is 5.82 Å². The molecule has 0 aliphatic rings. The summed E-state index contributed by atoms with van der Waals surface area (Å²) in [6.07, 6.45) is 3.67. The van der Waals surface area contributed by atoms with Crippen LogP contribution in [-0.2, 0) is 6.42 Å². The van der Waals surface area contributed by atoms with E-state index < -0.39 is 0 Å². The maximum Gasteiger partial charge on any atom is 0.128 e. The Kier molecular flexibility index (Phi) is 6.37. The topological polar surface area (TPSA) is 12.0 Å². The lowest BCUT2D eigenvalue weighted by Gasteiger charge is -2.08. The lowest BCUT2D eigenvalue weighted by atomic mass is 10.0. The number of allylic oxidation sites excluding steroid dienone is 1. The van der Waals surface area contributed by atoms with Gasteiger partial charge in [0.05, 0.1) is 0 Å². The Morgan fingerprint density at radius 1 is 1.44 bits per heavy atom. The quantitative estimate of drug-likeness (QED) is 0.598. The van der Waals surface area contributed by atoms with Crippen LogP contribution in [0.5, 0.6) is 0 Å². The van der Waals surface area contributed by atoms with E-state index in [1.807, 2.05) is 6.92 Å². The predicted octanol–water partition coefficient (Wildman–Crippen LogP) is 4.36. The van der Waals surface area contributed by atoms with Crippen molar-refractivity contribution in [3.63, 3.8) is 0 Å². The molecule has 0 aliphatic carbocycles. The summed E-state index contributed by atoms with van der Waals surface area (Å²) in [5, 5.41) is 3.85. The summed E-state index contributed by atoms with van der Waals surface area (Å²) in [5.74, 6) is -0.226. The zero-order valence-electron chi connectivity index (χ0n) is 11.3. The van der Waals surface area contributed by atoms with Gasteiger partial charge in [-0.2, -0.15) is 0 Å². The van der Waals surface area contributed by atoms with Gasteiger partial charge in [-0.05, 0) is 38.4 Å². The summed E-state index contributed by atoms with van der Waals surface area (Å²) in [5.41, 5.74) is 1.73. The molecule has 100 valence electrons. The Morgan fingerprint density at radius 3 is 2.78 bits per heavy atom. The summed E-state index contributed by atoms with van der Waals surface area (Å²) in [6.45, 7) is 7.20. The second kappa shape index (κ2) is 7.55. The summed E-state index contributed by atoms with van der Waals surface area (Å²) < 4.78 is 13.6. The highest BCUT2D eigenvalue weighted by atomic mass is 35.5. The van der Waals surface area contributed by atoms with Crippen molar-refractivity contribution < 1.29 is 4.39 Å². The van der Waals surface area contributed by atoms with Crippen molar-refractivity contribution in [1.82, 2.24) is 5.32 Å². The minimum absolute atomic E-state index is 0.226. The molecular formula is C15H21ClFN. The monoisotopic (exact) mass is 269 g/mol. The molecule has 0 aromatic heterocycles. The van der Waals surface area contributed by atoms with Gasteiger partial charge in [0.2, 0.25) is 0 Å². The van der Waals surface area contributed by atoms with Crippen molar-refractivity contribution in [2.24, 2.45) is 0 Å². The number of rotatable bonds is 6. The Balaban J connectivity index is 2.53. The van der Waals surface area contributed by atoms with E-state index in [-0.39, 0.29) is 5.82 Å². The molecule has 0 saturated heterocycles. The number of benzene rings is 1. The van der Waals surface area contributed by atoms with Crippen LogP contribution in [0.3, 0.4) is 0 Å². The second-order valence-electron chi connectivity index (χ2n) is 4.82. The van der Waals surface area contributed by atoms with Gasteiger partial charge >= 0.3 is 0 Å². The fourth-order valence-electron chi connectivity index (χ4n) is 1.74. The van der Waals surface area contributed by atoms with Gasteiger partial charge in [-0.15, -0.1) is 0 Å². The summed E-state index contributed by atoms with van der Waals surface area (Å²) in [4.78, 5) is 0.